The predicted molar refractivity (Wildman–Crippen MR) is 127 cm³/mol. The molecular formula is C25H27BrN2O5. The number of methoxy groups -OCH3 is 1. The maximum absolute atomic E-state index is 13.9. The molecule has 0 aromatic heterocycles. The van der Waals surface area contributed by atoms with E-state index in [1.54, 1.807) is 12.1 Å². The van der Waals surface area contributed by atoms with E-state index in [9.17, 15) is 19.5 Å². The molecule has 2 fully saturated rings. The number of aryl methyl sites for hydroxylation is 2. The first-order valence-electron chi connectivity index (χ1n) is 11.0. The van der Waals surface area contributed by atoms with Gasteiger partial charge in [-0.1, -0.05) is 48.0 Å². The molecule has 2 aliphatic heterocycles. The Morgan fingerprint density at radius 1 is 1.15 bits per heavy atom. The number of nitrogens with zero attached hydrogens (tertiary/aromatic N) is 1. The number of carbonyl (C=O) groups excluding carboxylic acids is 2. The molecule has 2 aliphatic rings. The molecule has 2 saturated heterocycles. The lowest BCUT2D eigenvalue weighted by atomic mass is 9.80. The van der Waals surface area contributed by atoms with Gasteiger partial charge in [0.25, 0.3) is 0 Å². The number of halogens is 1. The highest BCUT2D eigenvalue weighted by Crippen LogP contribution is 2.52. The van der Waals surface area contributed by atoms with Crippen molar-refractivity contribution in [1.29, 1.82) is 0 Å². The van der Waals surface area contributed by atoms with Crippen molar-refractivity contribution in [3.63, 3.8) is 0 Å². The summed E-state index contributed by atoms with van der Waals surface area (Å²) in [5.41, 5.74) is 1.39. The van der Waals surface area contributed by atoms with Gasteiger partial charge in [0.15, 0.2) is 0 Å². The molecule has 2 N–H and O–H groups in total. The van der Waals surface area contributed by atoms with Crippen LogP contribution in [0.25, 0.3) is 0 Å². The molecule has 2 aromatic rings. The van der Waals surface area contributed by atoms with Crippen LogP contribution in [0.3, 0.4) is 0 Å². The fourth-order valence-electron chi connectivity index (χ4n) is 5.27. The fraction of sp³-hybridized carbons (Fsp3) is 0.400. The Labute approximate surface area is 201 Å². The average Bonchev–Trinajstić information content (AvgIpc) is 3.26. The van der Waals surface area contributed by atoms with Crippen molar-refractivity contribution in [3.8, 4) is 5.75 Å². The van der Waals surface area contributed by atoms with Crippen molar-refractivity contribution in [2.24, 2.45) is 11.8 Å². The van der Waals surface area contributed by atoms with Crippen LogP contribution >= 0.6 is 15.9 Å². The van der Waals surface area contributed by atoms with E-state index in [2.05, 4.69) is 21.2 Å². The molecule has 33 heavy (non-hydrogen) atoms. The Bertz CT molecular complexity index is 1130. The highest BCUT2D eigenvalue weighted by atomic mass is 79.9. The molecule has 7 nitrogen and oxygen atoms in total. The fourth-order valence-corrected chi connectivity index (χ4v) is 5.65. The number of hydrogen-bond donors (Lipinski definition) is 2. The zero-order valence-electron chi connectivity index (χ0n) is 19.0. The van der Waals surface area contributed by atoms with Gasteiger partial charge in [-0.05, 0) is 49.1 Å². The van der Waals surface area contributed by atoms with E-state index in [0.717, 1.165) is 15.6 Å². The molecular weight excluding hydrogens is 488 g/mol. The van der Waals surface area contributed by atoms with Crippen LogP contribution in [0, 0.1) is 11.8 Å². The smallest absolute Gasteiger partial charge is 0.324 e. The van der Waals surface area contributed by atoms with Gasteiger partial charge >= 0.3 is 5.97 Å². The summed E-state index contributed by atoms with van der Waals surface area (Å²) in [6.07, 6.45) is 1.29. The molecule has 4 unspecified atom stereocenters. The standard InChI is InChI=1S/C25H27BrN2O5/c1-5-13-8-7-9-14(6-2)21(13)28-22(29)18-19(23(28)30)25(3,24(31)32)27-20(18)16-12-15(26)10-11-17(16)33-4/h7-12,18-20,27H,5-6H2,1-4H3,(H,31,32). The van der Waals surface area contributed by atoms with E-state index >= 15 is 0 Å². The molecule has 174 valence electrons. The first-order chi connectivity index (χ1) is 15.7. The summed E-state index contributed by atoms with van der Waals surface area (Å²) in [4.78, 5) is 41.4. The van der Waals surface area contributed by atoms with Gasteiger partial charge in [-0.15, -0.1) is 0 Å². The van der Waals surface area contributed by atoms with Crippen LogP contribution in [-0.2, 0) is 27.2 Å². The van der Waals surface area contributed by atoms with Gasteiger partial charge in [0, 0.05) is 16.1 Å². The number of rotatable bonds is 6. The average molecular weight is 515 g/mol. The second kappa shape index (κ2) is 8.57. The van der Waals surface area contributed by atoms with Crippen molar-refractivity contribution >= 4 is 39.4 Å². The minimum absolute atomic E-state index is 0.384. The zero-order chi connectivity index (χ0) is 24.1. The molecule has 0 radical (unpaired) electrons. The third kappa shape index (κ3) is 3.47. The lowest BCUT2D eigenvalue weighted by Crippen LogP contribution is -2.53. The molecule has 2 heterocycles. The van der Waals surface area contributed by atoms with Crippen LogP contribution in [0.2, 0.25) is 0 Å². The largest absolute Gasteiger partial charge is 0.496 e. The second-order valence-electron chi connectivity index (χ2n) is 8.66. The summed E-state index contributed by atoms with van der Waals surface area (Å²) in [6, 6.07) is 10.4. The normalized spacial score (nSPS) is 26.6. The van der Waals surface area contributed by atoms with Gasteiger partial charge in [0.2, 0.25) is 11.8 Å². The summed E-state index contributed by atoms with van der Waals surface area (Å²) >= 11 is 3.45. The van der Waals surface area contributed by atoms with Gasteiger partial charge < -0.3 is 9.84 Å². The van der Waals surface area contributed by atoms with Gasteiger partial charge in [0.1, 0.15) is 11.3 Å². The molecule has 0 bridgehead atoms. The summed E-state index contributed by atoms with van der Waals surface area (Å²) in [7, 11) is 1.52. The lowest BCUT2D eigenvalue weighted by molar-refractivity contribution is -0.147. The van der Waals surface area contributed by atoms with Gasteiger partial charge in [-0.25, -0.2) is 4.90 Å². The van der Waals surface area contributed by atoms with Crippen LogP contribution < -0.4 is 15.0 Å². The molecule has 0 spiro atoms. The quantitative estimate of drug-likeness (QED) is 0.568. The molecule has 0 aliphatic carbocycles. The minimum atomic E-state index is -1.61. The molecule has 4 atom stereocenters. The van der Waals surface area contributed by atoms with E-state index in [4.69, 9.17) is 4.74 Å². The van der Waals surface area contributed by atoms with Gasteiger partial charge in [0.05, 0.1) is 24.6 Å². The van der Waals surface area contributed by atoms with Crippen LogP contribution in [0.1, 0.15) is 43.5 Å². The number of nitrogens with one attached hydrogen (secondary N) is 1. The lowest BCUT2D eigenvalue weighted by Gasteiger charge is -2.29. The number of ether oxygens (including phenoxy) is 1. The topological polar surface area (TPSA) is 95.9 Å². The maximum Gasteiger partial charge on any atom is 0.324 e. The Morgan fingerprint density at radius 2 is 1.79 bits per heavy atom. The number of imide groups is 1. The molecule has 8 heteroatoms. The number of hydrogen-bond acceptors (Lipinski definition) is 5. The Morgan fingerprint density at radius 3 is 2.33 bits per heavy atom. The summed E-state index contributed by atoms with van der Waals surface area (Å²) in [6.45, 7) is 5.43. The van der Waals surface area contributed by atoms with Crippen molar-refractivity contribution in [2.75, 3.05) is 12.0 Å². The Balaban J connectivity index is 1.91. The summed E-state index contributed by atoms with van der Waals surface area (Å²) in [5.74, 6) is -3.44. The van der Waals surface area contributed by atoms with Crippen LogP contribution in [-0.4, -0.2) is 35.5 Å². The highest BCUT2D eigenvalue weighted by Gasteiger charge is 2.67. The highest BCUT2D eigenvalue weighted by molar-refractivity contribution is 9.10. The van der Waals surface area contributed by atoms with Crippen molar-refractivity contribution in [2.45, 2.75) is 45.2 Å². The van der Waals surface area contributed by atoms with E-state index in [1.807, 2.05) is 38.1 Å². The van der Waals surface area contributed by atoms with Gasteiger partial charge in [-0.2, -0.15) is 0 Å². The SMILES string of the molecule is CCc1cccc(CC)c1N1C(=O)C2C(c3cc(Br)ccc3OC)NC(C)(C(=O)O)C2C1=O. The van der Waals surface area contributed by atoms with Crippen LogP contribution in [0.4, 0.5) is 5.69 Å². The minimum Gasteiger partial charge on any atom is -0.496 e. The summed E-state index contributed by atoms with van der Waals surface area (Å²) < 4.78 is 6.28. The number of carbonyl (C=O) groups is 3. The number of carboxylic acids is 1. The van der Waals surface area contributed by atoms with E-state index < -0.39 is 35.3 Å². The first-order valence-corrected chi connectivity index (χ1v) is 11.8. The number of anilines is 1. The third-order valence-electron chi connectivity index (χ3n) is 6.95. The number of amides is 2. The number of benzene rings is 2. The Kier molecular flexibility index (Phi) is 6.09. The van der Waals surface area contributed by atoms with Crippen LogP contribution in [0.5, 0.6) is 5.75 Å². The number of aliphatic carboxylic acids is 1. The Hall–Kier alpha value is -2.71. The monoisotopic (exact) mass is 514 g/mol. The molecule has 2 aromatic carbocycles. The molecule has 2 amide bonds. The van der Waals surface area contributed by atoms with E-state index in [1.165, 1.54) is 18.9 Å². The van der Waals surface area contributed by atoms with Crippen molar-refractivity contribution < 1.29 is 24.2 Å². The van der Waals surface area contributed by atoms with Crippen LogP contribution in [0.15, 0.2) is 40.9 Å². The zero-order valence-corrected chi connectivity index (χ0v) is 20.6. The first kappa shape index (κ1) is 23.4. The second-order valence-corrected chi connectivity index (χ2v) is 9.58. The summed E-state index contributed by atoms with van der Waals surface area (Å²) in [5, 5.41) is 13.3. The molecule has 4 rings (SSSR count). The third-order valence-corrected chi connectivity index (χ3v) is 7.44. The van der Waals surface area contributed by atoms with Gasteiger partial charge in [-0.3, -0.25) is 19.7 Å². The maximum atomic E-state index is 13.9. The van der Waals surface area contributed by atoms with Crippen molar-refractivity contribution in [1.82, 2.24) is 5.32 Å². The number of carboxylic acid groups (broad SMARTS) is 1. The van der Waals surface area contributed by atoms with E-state index in [0.29, 0.717) is 29.8 Å². The predicted octanol–water partition coefficient (Wildman–Crippen LogP) is 3.88. The van der Waals surface area contributed by atoms with Crippen molar-refractivity contribution in [3.05, 3.63) is 57.6 Å². The molecule has 0 saturated carbocycles. The number of fused-ring (bicyclic) bond motifs is 1. The number of para-hydroxylation sites is 1. The van der Waals surface area contributed by atoms with E-state index in [-0.39, 0.29) is 5.91 Å².